The molecular weight excluding hydrogens is 328 g/mol. The first-order chi connectivity index (χ1) is 12.7. The predicted octanol–water partition coefficient (Wildman–Crippen LogP) is 2.92. The highest BCUT2D eigenvalue weighted by molar-refractivity contribution is 5.83. The van der Waals surface area contributed by atoms with Crippen molar-refractivity contribution < 1.29 is 0 Å². The minimum Gasteiger partial charge on any atom is -0.294 e. The lowest BCUT2D eigenvalue weighted by Crippen LogP contribution is -2.25. The smallest absolute Gasteiger partial charge is 0.283 e. The predicted molar refractivity (Wildman–Crippen MR) is 98.0 cm³/mol. The first-order valence-electron chi connectivity index (χ1n) is 8.92. The normalized spacial score (nSPS) is 15.3. The third-order valence-electron chi connectivity index (χ3n) is 5.22. The van der Waals surface area contributed by atoms with Gasteiger partial charge in [0.25, 0.3) is 5.56 Å². The number of benzene rings is 1. The largest absolute Gasteiger partial charge is 0.294 e. The van der Waals surface area contributed by atoms with Crippen LogP contribution in [0.2, 0.25) is 0 Å². The van der Waals surface area contributed by atoms with Crippen LogP contribution in [-0.4, -0.2) is 29.4 Å². The average molecular weight is 346 g/mol. The van der Waals surface area contributed by atoms with Crippen molar-refractivity contribution >= 4 is 16.8 Å². The van der Waals surface area contributed by atoms with Crippen LogP contribution in [0, 0.1) is 6.92 Å². The van der Waals surface area contributed by atoms with E-state index in [0.717, 1.165) is 42.5 Å². The van der Waals surface area contributed by atoms with Gasteiger partial charge >= 0.3 is 0 Å². The summed E-state index contributed by atoms with van der Waals surface area (Å²) in [5.74, 6) is 0. The molecule has 0 bridgehead atoms. The van der Waals surface area contributed by atoms with Crippen LogP contribution in [0.1, 0.15) is 37.4 Å². The van der Waals surface area contributed by atoms with Crippen LogP contribution >= 0.6 is 0 Å². The molecule has 5 rings (SSSR count). The number of nitrogens with zero attached hydrogens (tertiary/aromatic N) is 6. The Morgan fingerprint density at radius 1 is 1.04 bits per heavy atom. The standard InChI is InChI=1S/C19H18N6O/c1-12-15(13-7-3-2-4-8-13)17-22-21-16-18(25(17)23-12)20-11-24(19(16)26)14-9-5-6-10-14/h2-4,7-8,11,14H,5-6,9-10H2,1H3. The summed E-state index contributed by atoms with van der Waals surface area (Å²) in [5, 5.41) is 13.2. The van der Waals surface area contributed by atoms with Crippen LogP contribution in [-0.2, 0) is 0 Å². The summed E-state index contributed by atoms with van der Waals surface area (Å²) < 4.78 is 3.35. The van der Waals surface area contributed by atoms with Crippen molar-refractivity contribution in [2.75, 3.05) is 0 Å². The van der Waals surface area contributed by atoms with Crippen molar-refractivity contribution in [3.05, 3.63) is 52.7 Å². The summed E-state index contributed by atoms with van der Waals surface area (Å²) in [6.07, 6.45) is 5.97. The monoisotopic (exact) mass is 346 g/mol. The molecule has 1 aromatic carbocycles. The van der Waals surface area contributed by atoms with Gasteiger partial charge in [-0.3, -0.25) is 9.36 Å². The van der Waals surface area contributed by atoms with Crippen LogP contribution in [0.5, 0.6) is 0 Å². The number of aryl methyl sites for hydroxylation is 1. The Morgan fingerprint density at radius 2 is 1.81 bits per heavy atom. The number of fused-ring (bicyclic) bond motifs is 3. The summed E-state index contributed by atoms with van der Waals surface area (Å²) in [7, 11) is 0. The Kier molecular flexibility index (Phi) is 3.34. The van der Waals surface area contributed by atoms with Gasteiger partial charge < -0.3 is 0 Å². The van der Waals surface area contributed by atoms with E-state index in [2.05, 4.69) is 20.3 Å². The van der Waals surface area contributed by atoms with Crippen LogP contribution in [0.3, 0.4) is 0 Å². The van der Waals surface area contributed by atoms with Gasteiger partial charge in [-0.15, -0.1) is 10.2 Å². The molecule has 0 unspecified atom stereocenters. The van der Waals surface area contributed by atoms with E-state index in [-0.39, 0.29) is 17.1 Å². The molecule has 130 valence electrons. The minimum atomic E-state index is -0.134. The zero-order valence-electron chi connectivity index (χ0n) is 14.5. The van der Waals surface area contributed by atoms with Gasteiger partial charge in [0.05, 0.1) is 11.3 Å². The second-order valence-corrected chi connectivity index (χ2v) is 6.83. The Bertz CT molecular complexity index is 1170. The van der Waals surface area contributed by atoms with E-state index in [9.17, 15) is 4.79 Å². The molecule has 1 saturated carbocycles. The first kappa shape index (κ1) is 15.2. The Morgan fingerprint density at radius 3 is 2.58 bits per heavy atom. The lowest BCUT2D eigenvalue weighted by atomic mass is 10.1. The molecule has 1 aliphatic carbocycles. The topological polar surface area (TPSA) is 78.0 Å². The molecule has 1 fully saturated rings. The average Bonchev–Trinajstić information content (AvgIpc) is 3.30. The molecule has 1 aliphatic rings. The van der Waals surface area contributed by atoms with E-state index >= 15 is 0 Å². The molecule has 7 nitrogen and oxygen atoms in total. The maximum atomic E-state index is 12.9. The number of aromatic nitrogens is 6. The van der Waals surface area contributed by atoms with E-state index in [1.165, 1.54) is 0 Å². The maximum Gasteiger partial charge on any atom is 0.283 e. The van der Waals surface area contributed by atoms with Gasteiger partial charge in [0.15, 0.2) is 16.8 Å². The van der Waals surface area contributed by atoms with Crippen molar-refractivity contribution in [1.82, 2.24) is 29.4 Å². The van der Waals surface area contributed by atoms with Crippen molar-refractivity contribution in [3.8, 4) is 11.1 Å². The van der Waals surface area contributed by atoms with Gasteiger partial charge in [-0.1, -0.05) is 43.2 Å². The maximum absolute atomic E-state index is 12.9. The fraction of sp³-hybridized carbons (Fsp3) is 0.316. The highest BCUT2D eigenvalue weighted by atomic mass is 16.1. The van der Waals surface area contributed by atoms with E-state index < -0.39 is 0 Å². The molecule has 7 heteroatoms. The molecule has 0 atom stereocenters. The molecule has 3 heterocycles. The van der Waals surface area contributed by atoms with Gasteiger partial charge in [-0.2, -0.15) is 9.61 Å². The molecule has 0 saturated heterocycles. The van der Waals surface area contributed by atoms with Gasteiger partial charge in [0.1, 0.15) is 6.33 Å². The summed E-state index contributed by atoms with van der Waals surface area (Å²) in [6.45, 7) is 1.93. The number of hydrogen-bond donors (Lipinski definition) is 0. The van der Waals surface area contributed by atoms with Gasteiger partial charge in [0, 0.05) is 6.04 Å². The Balaban J connectivity index is 1.77. The zero-order chi connectivity index (χ0) is 17.7. The Hall–Kier alpha value is -3.09. The minimum absolute atomic E-state index is 0.134. The van der Waals surface area contributed by atoms with Crippen LogP contribution in [0.15, 0.2) is 41.5 Å². The molecule has 0 amide bonds. The number of rotatable bonds is 2. The SMILES string of the molecule is Cc1nn2c(nnc3c(=O)n(C4CCCC4)cnc32)c1-c1ccccc1. The molecule has 0 aliphatic heterocycles. The van der Waals surface area contributed by atoms with Crippen molar-refractivity contribution in [3.63, 3.8) is 0 Å². The third kappa shape index (κ3) is 2.16. The van der Waals surface area contributed by atoms with Crippen LogP contribution < -0.4 is 5.56 Å². The second kappa shape index (κ2) is 5.72. The fourth-order valence-corrected chi connectivity index (χ4v) is 3.93. The summed E-state index contributed by atoms with van der Waals surface area (Å²) in [6, 6.07) is 10.2. The van der Waals surface area contributed by atoms with E-state index in [1.54, 1.807) is 15.4 Å². The molecule has 26 heavy (non-hydrogen) atoms. The van der Waals surface area contributed by atoms with E-state index in [1.807, 2.05) is 37.3 Å². The van der Waals surface area contributed by atoms with Crippen molar-refractivity contribution in [2.45, 2.75) is 38.6 Å². The first-order valence-corrected chi connectivity index (χ1v) is 8.92. The molecule has 4 aromatic rings. The van der Waals surface area contributed by atoms with E-state index in [4.69, 9.17) is 0 Å². The highest BCUT2D eigenvalue weighted by Crippen LogP contribution is 2.29. The quantitative estimate of drug-likeness (QED) is 0.558. The molecule has 0 spiro atoms. The van der Waals surface area contributed by atoms with E-state index in [0.29, 0.717) is 11.3 Å². The van der Waals surface area contributed by atoms with Crippen LogP contribution in [0.4, 0.5) is 0 Å². The van der Waals surface area contributed by atoms with Gasteiger partial charge in [-0.05, 0) is 25.3 Å². The summed E-state index contributed by atoms with van der Waals surface area (Å²) >= 11 is 0. The lowest BCUT2D eigenvalue weighted by Gasteiger charge is -2.12. The van der Waals surface area contributed by atoms with Crippen molar-refractivity contribution in [2.24, 2.45) is 0 Å². The van der Waals surface area contributed by atoms with Crippen LogP contribution in [0.25, 0.3) is 27.9 Å². The second-order valence-electron chi connectivity index (χ2n) is 6.83. The lowest BCUT2D eigenvalue weighted by molar-refractivity contribution is 0.497. The summed E-state index contributed by atoms with van der Waals surface area (Å²) in [4.78, 5) is 17.4. The number of hydrogen-bond acceptors (Lipinski definition) is 5. The summed E-state index contributed by atoms with van der Waals surface area (Å²) in [5.41, 5.74) is 3.99. The highest BCUT2D eigenvalue weighted by Gasteiger charge is 2.22. The molecule has 0 N–H and O–H groups in total. The molecular formula is C19H18N6O. The molecule has 3 aromatic heterocycles. The Labute approximate surface area is 149 Å². The molecule has 0 radical (unpaired) electrons. The fourth-order valence-electron chi connectivity index (χ4n) is 3.93. The van der Waals surface area contributed by atoms with Gasteiger partial charge in [0.2, 0.25) is 0 Å². The third-order valence-corrected chi connectivity index (χ3v) is 5.22. The van der Waals surface area contributed by atoms with Gasteiger partial charge in [-0.25, -0.2) is 4.98 Å². The zero-order valence-corrected chi connectivity index (χ0v) is 14.5. The van der Waals surface area contributed by atoms with Crippen molar-refractivity contribution in [1.29, 1.82) is 0 Å².